The van der Waals surface area contributed by atoms with E-state index in [0.717, 1.165) is 0 Å². The molecule has 2 nitrogen and oxygen atoms in total. The predicted molar refractivity (Wildman–Crippen MR) is 93.3 cm³/mol. The van der Waals surface area contributed by atoms with Gasteiger partial charge in [-0.15, -0.1) is 0 Å². The molecule has 0 saturated carbocycles. The Morgan fingerprint density at radius 2 is 1.22 bits per heavy atom. The van der Waals surface area contributed by atoms with Gasteiger partial charge in [0.25, 0.3) is 0 Å². The Morgan fingerprint density at radius 3 is 1.74 bits per heavy atom. The average Bonchev–Trinajstić information content (AvgIpc) is 2.61. The molecule has 0 aliphatic carbocycles. The summed E-state index contributed by atoms with van der Waals surface area (Å²) in [5, 5.41) is 0. The Bertz CT molecular complexity index is 677. The van der Waals surface area contributed by atoms with Crippen molar-refractivity contribution < 1.29 is 0 Å². The molecule has 0 N–H and O–H groups in total. The van der Waals surface area contributed by atoms with E-state index < -0.39 is 0 Å². The zero-order valence-electron chi connectivity index (χ0n) is 13.8. The Balaban J connectivity index is 1.58. The maximum atomic E-state index is 2.74. The van der Waals surface area contributed by atoms with E-state index >= 15 is 0 Å². The standard InChI is InChI=1S/C21H24N2/c1-15-22-12-10-16-6-2-4-8-18(16)20(22)14-21-19-9-5-3-7-17(19)11-13-23(15)21/h2-9,15,20-21H,10-14H2,1H3/t20-,21-/m1/s1. The van der Waals surface area contributed by atoms with Crippen LogP contribution in [0, 0.1) is 0 Å². The number of fused-ring (bicyclic) bond motifs is 6. The highest BCUT2D eigenvalue weighted by molar-refractivity contribution is 5.37. The number of hydrogen-bond donors (Lipinski definition) is 0. The highest BCUT2D eigenvalue weighted by atomic mass is 15.4. The molecule has 1 saturated heterocycles. The lowest BCUT2D eigenvalue weighted by Crippen LogP contribution is -2.57. The van der Waals surface area contributed by atoms with Crippen LogP contribution in [-0.2, 0) is 12.8 Å². The van der Waals surface area contributed by atoms with Crippen LogP contribution in [0.2, 0.25) is 0 Å². The van der Waals surface area contributed by atoms with E-state index in [4.69, 9.17) is 0 Å². The summed E-state index contributed by atoms with van der Waals surface area (Å²) in [6.45, 7) is 4.82. The number of hydrogen-bond acceptors (Lipinski definition) is 2. The van der Waals surface area contributed by atoms with Crippen LogP contribution in [0.25, 0.3) is 0 Å². The molecule has 3 aliphatic heterocycles. The van der Waals surface area contributed by atoms with Gasteiger partial charge >= 0.3 is 0 Å². The van der Waals surface area contributed by atoms with Gasteiger partial charge in [0.15, 0.2) is 0 Å². The van der Waals surface area contributed by atoms with Crippen molar-refractivity contribution in [1.82, 2.24) is 9.80 Å². The van der Waals surface area contributed by atoms with Gasteiger partial charge < -0.3 is 0 Å². The second-order valence-electron chi connectivity index (χ2n) is 7.27. The van der Waals surface area contributed by atoms with Gasteiger partial charge in [-0.2, -0.15) is 0 Å². The summed E-state index contributed by atoms with van der Waals surface area (Å²) in [7, 11) is 0. The van der Waals surface area contributed by atoms with Crippen molar-refractivity contribution in [3.8, 4) is 0 Å². The van der Waals surface area contributed by atoms with Crippen molar-refractivity contribution in [3.05, 3.63) is 70.8 Å². The normalized spacial score (nSPS) is 30.0. The smallest absolute Gasteiger partial charge is 0.0604 e. The molecule has 0 unspecified atom stereocenters. The number of nitrogens with zero attached hydrogens (tertiary/aromatic N) is 2. The Labute approximate surface area is 138 Å². The molecule has 1 fully saturated rings. The van der Waals surface area contributed by atoms with Crippen molar-refractivity contribution >= 4 is 0 Å². The summed E-state index contributed by atoms with van der Waals surface area (Å²) < 4.78 is 0. The molecule has 0 aromatic heterocycles. The van der Waals surface area contributed by atoms with Gasteiger partial charge in [-0.05, 0) is 48.4 Å². The van der Waals surface area contributed by atoms with Gasteiger partial charge in [0, 0.05) is 25.2 Å². The van der Waals surface area contributed by atoms with Crippen LogP contribution in [0.15, 0.2) is 48.5 Å². The Hall–Kier alpha value is -1.64. The third-order valence-corrected chi connectivity index (χ3v) is 6.31. The maximum Gasteiger partial charge on any atom is 0.0604 e. The third-order valence-electron chi connectivity index (χ3n) is 6.31. The fourth-order valence-electron chi connectivity index (χ4n) is 5.16. The third kappa shape index (κ3) is 2.02. The van der Waals surface area contributed by atoms with E-state index in [1.165, 1.54) is 32.4 Å². The van der Waals surface area contributed by atoms with Crippen LogP contribution < -0.4 is 0 Å². The fraction of sp³-hybridized carbons (Fsp3) is 0.429. The molecule has 0 bridgehead atoms. The first-order chi connectivity index (χ1) is 11.3. The minimum absolute atomic E-state index is 0.542. The summed E-state index contributed by atoms with van der Waals surface area (Å²) >= 11 is 0. The van der Waals surface area contributed by atoms with Crippen LogP contribution in [-0.4, -0.2) is 29.1 Å². The quantitative estimate of drug-likeness (QED) is 0.727. The van der Waals surface area contributed by atoms with Gasteiger partial charge in [0.1, 0.15) is 0 Å². The van der Waals surface area contributed by atoms with Gasteiger partial charge in [-0.1, -0.05) is 48.5 Å². The largest absolute Gasteiger partial charge is 0.281 e. The zero-order valence-corrected chi connectivity index (χ0v) is 13.8. The van der Waals surface area contributed by atoms with E-state index in [1.807, 2.05) is 0 Å². The minimum Gasteiger partial charge on any atom is -0.281 e. The van der Waals surface area contributed by atoms with Crippen molar-refractivity contribution in [1.29, 1.82) is 0 Å². The van der Waals surface area contributed by atoms with Crippen molar-refractivity contribution in [3.63, 3.8) is 0 Å². The SMILES string of the molecule is CC1N2CCc3ccccc3[C@H]2C[C@@H]2c3ccccc3CCN12. The summed E-state index contributed by atoms with van der Waals surface area (Å²) in [4.78, 5) is 5.49. The highest BCUT2D eigenvalue weighted by Crippen LogP contribution is 2.47. The molecule has 3 heterocycles. The van der Waals surface area contributed by atoms with E-state index in [9.17, 15) is 0 Å². The van der Waals surface area contributed by atoms with Crippen LogP contribution >= 0.6 is 0 Å². The van der Waals surface area contributed by atoms with E-state index in [2.05, 4.69) is 65.3 Å². The molecule has 0 radical (unpaired) electrons. The van der Waals surface area contributed by atoms with Gasteiger partial charge in [0.05, 0.1) is 6.17 Å². The molecule has 0 spiro atoms. The minimum atomic E-state index is 0.542. The second-order valence-corrected chi connectivity index (χ2v) is 7.27. The van der Waals surface area contributed by atoms with Crippen LogP contribution in [0.3, 0.4) is 0 Å². The zero-order chi connectivity index (χ0) is 15.4. The Kier molecular flexibility index (Phi) is 3.10. The van der Waals surface area contributed by atoms with Crippen LogP contribution in [0.5, 0.6) is 0 Å². The molecular weight excluding hydrogens is 280 g/mol. The average molecular weight is 304 g/mol. The Morgan fingerprint density at radius 1 is 0.739 bits per heavy atom. The predicted octanol–water partition coefficient (Wildman–Crippen LogP) is 3.93. The van der Waals surface area contributed by atoms with E-state index in [0.29, 0.717) is 18.2 Å². The van der Waals surface area contributed by atoms with Crippen molar-refractivity contribution in [2.24, 2.45) is 0 Å². The van der Waals surface area contributed by atoms with Crippen molar-refractivity contribution in [2.45, 2.75) is 44.4 Å². The molecule has 23 heavy (non-hydrogen) atoms. The monoisotopic (exact) mass is 304 g/mol. The molecule has 5 rings (SSSR count). The lowest BCUT2D eigenvalue weighted by Gasteiger charge is -2.55. The topological polar surface area (TPSA) is 6.48 Å². The number of benzene rings is 2. The summed E-state index contributed by atoms with van der Waals surface area (Å²) in [5.74, 6) is 0. The van der Waals surface area contributed by atoms with Crippen LogP contribution in [0.1, 0.15) is 47.7 Å². The number of rotatable bonds is 0. The van der Waals surface area contributed by atoms with Crippen LogP contribution in [0.4, 0.5) is 0 Å². The lowest BCUT2D eigenvalue weighted by atomic mass is 9.80. The molecule has 2 heteroatoms. The molecule has 0 amide bonds. The molecule has 118 valence electrons. The second kappa shape index (κ2) is 5.19. The summed E-state index contributed by atoms with van der Waals surface area (Å²) in [5.41, 5.74) is 6.29. The first kappa shape index (κ1) is 13.8. The highest BCUT2D eigenvalue weighted by Gasteiger charge is 2.43. The molecule has 3 aliphatic rings. The van der Waals surface area contributed by atoms with Gasteiger partial charge in [-0.25, -0.2) is 0 Å². The molecule has 2 atom stereocenters. The lowest BCUT2D eigenvalue weighted by molar-refractivity contribution is -0.0694. The van der Waals surface area contributed by atoms with Gasteiger partial charge in [0.2, 0.25) is 0 Å². The molecular formula is C21H24N2. The van der Waals surface area contributed by atoms with Gasteiger partial charge in [-0.3, -0.25) is 9.80 Å². The van der Waals surface area contributed by atoms with Crippen molar-refractivity contribution in [2.75, 3.05) is 13.1 Å². The molecule has 2 aromatic carbocycles. The van der Waals surface area contributed by atoms with E-state index in [-0.39, 0.29) is 0 Å². The van der Waals surface area contributed by atoms with E-state index in [1.54, 1.807) is 22.3 Å². The summed E-state index contributed by atoms with van der Waals surface area (Å²) in [6, 6.07) is 19.4. The fourth-order valence-corrected chi connectivity index (χ4v) is 5.16. The first-order valence-electron chi connectivity index (χ1n) is 9.00. The first-order valence-corrected chi connectivity index (χ1v) is 9.00. The maximum absolute atomic E-state index is 2.74. The summed E-state index contributed by atoms with van der Waals surface area (Å²) in [6.07, 6.45) is 4.18. The molecule has 2 aromatic rings.